The number of hydrogen-bond donors (Lipinski definition) is 0. The zero-order valence-corrected chi connectivity index (χ0v) is 13.3. The minimum atomic E-state index is -3.23. The SMILES string of the molecule is O=S(=O)(CCc1ccccc1)N1CCCC1c1nccs1. The monoisotopic (exact) mass is 322 g/mol. The Morgan fingerprint density at radius 2 is 2.10 bits per heavy atom. The quantitative estimate of drug-likeness (QED) is 0.850. The molecule has 1 fully saturated rings. The largest absolute Gasteiger partial charge is 0.248 e. The van der Waals surface area contributed by atoms with Crippen LogP contribution in [-0.4, -0.2) is 30.0 Å². The summed E-state index contributed by atoms with van der Waals surface area (Å²) in [5, 5.41) is 2.82. The molecule has 6 heteroatoms. The van der Waals surface area contributed by atoms with Gasteiger partial charge in [-0.25, -0.2) is 13.4 Å². The molecule has 21 heavy (non-hydrogen) atoms. The summed E-state index contributed by atoms with van der Waals surface area (Å²) in [5.74, 6) is 0.166. The van der Waals surface area contributed by atoms with Crippen LogP contribution in [0.5, 0.6) is 0 Å². The van der Waals surface area contributed by atoms with Crippen molar-refractivity contribution in [2.24, 2.45) is 0 Å². The summed E-state index contributed by atoms with van der Waals surface area (Å²) in [6.07, 6.45) is 4.09. The topological polar surface area (TPSA) is 50.3 Å². The highest BCUT2D eigenvalue weighted by molar-refractivity contribution is 7.89. The summed E-state index contributed by atoms with van der Waals surface area (Å²) < 4.78 is 26.9. The standard InChI is InChI=1S/C15H18N2O2S2/c18-21(19,12-8-13-5-2-1-3-6-13)17-10-4-7-14(17)15-16-9-11-20-15/h1-3,5-6,9,11,14H,4,7-8,10,12H2. The lowest BCUT2D eigenvalue weighted by Gasteiger charge is -2.22. The van der Waals surface area contributed by atoms with Crippen molar-refractivity contribution in [3.63, 3.8) is 0 Å². The van der Waals surface area contributed by atoms with Crippen molar-refractivity contribution < 1.29 is 8.42 Å². The Morgan fingerprint density at radius 3 is 2.81 bits per heavy atom. The highest BCUT2D eigenvalue weighted by atomic mass is 32.2. The molecule has 1 unspecified atom stereocenters. The number of rotatable bonds is 5. The van der Waals surface area contributed by atoms with E-state index < -0.39 is 10.0 Å². The Labute approximate surface area is 129 Å². The first-order valence-electron chi connectivity index (χ1n) is 7.10. The van der Waals surface area contributed by atoms with E-state index >= 15 is 0 Å². The fraction of sp³-hybridized carbons (Fsp3) is 0.400. The number of sulfonamides is 1. The molecule has 0 N–H and O–H groups in total. The molecule has 1 atom stereocenters. The molecule has 1 aliphatic rings. The minimum absolute atomic E-state index is 0.0641. The van der Waals surface area contributed by atoms with E-state index in [0.29, 0.717) is 13.0 Å². The second-order valence-electron chi connectivity index (χ2n) is 5.19. The molecule has 1 aliphatic heterocycles. The molecular weight excluding hydrogens is 304 g/mol. The molecule has 4 nitrogen and oxygen atoms in total. The molecule has 0 bridgehead atoms. The van der Waals surface area contributed by atoms with Crippen molar-refractivity contribution in [2.75, 3.05) is 12.3 Å². The third-order valence-corrected chi connectivity index (χ3v) is 6.54. The number of aryl methyl sites for hydroxylation is 1. The molecule has 3 rings (SSSR count). The van der Waals surface area contributed by atoms with Crippen LogP contribution >= 0.6 is 11.3 Å². The lowest BCUT2D eigenvalue weighted by atomic mass is 10.2. The summed E-state index contributed by atoms with van der Waals surface area (Å²) in [5.41, 5.74) is 1.06. The molecule has 112 valence electrons. The Bertz CT molecular complexity index is 669. The van der Waals surface area contributed by atoms with Gasteiger partial charge in [-0.15, -0.1) is 11.3 Å². The second kappa shape index (κ2) is 6.25. The summed E-state index contributed by atoms with van der Waals surface area (Å²) in [6, 6.07) is 9.70. The van der Waals surface area contributed by atoms with Gasteiger partial charge in [-0.1, -0.05) is 30.3 Å². The molecule has 0 aliphatic carbocycles. The molecule has 1 aromatic carbocycles. The maximum Gasteiger partial charge on any atom is 0.215 e. The Morgan fingerprint density at radius 1 is 1.29 bits per heavy atom. The van der Waals surface area contributed by atoms with Crippen LogP contribution in [0.3, 0.4) is 0 Å². The van der Waals surface area contributed by atoms with Gasteiger partial charge in [0.05, 0.1) is 11.8 Å². The van der Waals surface area contributed by atoms with Crippen LogP contribution in [0, 0.1) is 0 Å². The van der Waals surface area contributed by atoms with E-state index in [1.54, 1.807) is 10.5 Å². The van der Waals surface area contributed by atoms with Gasteiger partial charge < -0.3 is 0 Å². The van der Waals surface area contributed by atoms with Gasteiger partial charge in [0.15, 0.2) is 0 Å². The lowest BCUT2D eigenvalue weighted by Crippen LogP contribution is -2.33. The molecule has 0 radical (unpaired) electrons. The van der Waals surface area contributed by atoms with E-state index in [2.05, 4.69) is 4.98 Å². The van der Waals surface area contributed by atoms with E-state index in [1.807, 2.05) is 35.7 Å². The first kappa shape index (κ1) is 14.7. The lowest BCUT2D eigenvalue weighted by molar-refractivity contribution is 0.395. The van der Waals surface area contributed by atoms with Crippen LogP contribution in [0.15, 0.2) is 41.9 Å². The van der Waals surface area contributed by atoms with E-state index in [-0.39, 0.29) is 11.8 Å². The predicted molar refractivity (Wildman–Crippen MR) is 84.7 cm³/mol. The molecule has 0 spiro atoms. The molecule has 0 saturated carbocycles. The van der Waals surface area contributed by atoms with Gasteiger partial charge in [-0.3, -0.25) is 0 Å². The Hall–Kier alpha value is -1.24. The number of hydrogen-bond acceptors (Lipinski definition) is 4. The van der Waals surface area contributed by atoms with Crippen molar-refractivity contribution in [1.29, 1.82) is 0 Å². The number of aromatic nitrogens is 1. The summed E-state index contributed by atoms with van der Waals surface area (Å²) in [7, 11) is -3.23. The third-order valence-electron chi connectivity index (χ3n) is 3.79. The van der Waals surface area contributed by atoms with Crippen molar-refractivity contribution >= 4 is 21.4 Å². The van der Waals surface area contributed by atoms with Gasteiger partial charge in [0.2, 0.25) is 10.0 Å². The summed E-state index contributed by atoms with van der Waals surface area (Å²) >= 11 is 1.54. The van der Waals surface area contributed by atoms with E-state index in [4.69, 9.17) is 0 Å². The Balaban J connectivity index is 1.72. The zero-order chi connectivity index (χ0) is 14.7. The van der Waals surface area contributed by atoms with Crippen molar-refractivity contribution in [2.45, 2.75) is 25.3 Å². The third kappa shape index (κ3) is 3.33. The highest BCUT2D eigenvalue weighted by Gasteiger charge is 2.36. The molecular formula is C15H18N2O2S2. The van der Waals surface area contributed by atoms with Crippen molar-refractivity contribution in [3.05, 3.63) is 52.5 Å². The van der Waals surface area contributed by atoms with E-state index in [0.717, 1.165) is 23.4 Å². The van der Waals surface area contributed by atoms with Gasteiger partial charge in [-0.2, -0.15) is 4.31 Å². The fourth-order valence-corrected chi connectivity index (χ4v) is 5.31. The van der Waals surface area contributed by atoms with Gasteiger partial charge in [-0.05, 0) is 24.8 Å². The van der Waals surface area contributed by atoms with Crippen molar-refractivity contribution in [1.82, 2.24) is 9.29 Å². The van der Waals surface area contributed by atoms with Crippen LogP contribution in [0.1, 0.15) is 29.5 Å². The predicted octanol–water partition coefficient (Wildman–Crippen LogP) is 2.85. The maximum absolute atomic E-state index is 12.6. The Kier molecular flexibility index (Phi) is 4.37. The normalized spacial score (nSPS) is 19.9. The van der Waals surface area contributed by atoms with Crippen LogP contribution in [0.25, 0.3) is 0 Å². The van der Waals surface area contributed by atoms with Gasteiger partial charge in [0, 0.05) is 18.1 Å². The van der Waals surface area contributed by atoms with Gasteiger partial charge >= 0.3 is 0 Å². The molecule has 2 aromatic rings. The van der Waals surface area contributed by atoms with Gasteiger partial charge in [0.1, 0.15) is 5.01 Å². The fourth-order valence-electron chi connectivity index (χ4n) is 2.73. The van der Waals surface area contributed by atoms with Crippen molar-refractivity contribution in [3.8, 4) is 0 Å². The number of thiazole rings is 1. The average Bonchev–Trinajstić information content (AvgIpc) is 3.16. The number of nitrogens with zero attached hydrogens (tertiary/aromatic N) is 2. The highest BCUT2D eigenvalue weighted by Crippen LogP contribution is 2.35. The first-order chi connectivity index (χ1) is 10.2. The summed E-state index contributed by atoms with van der Waals surface area (Å²) in [4.78, 5) is 4.29. The van der Waals surface area contributed by atoms with Crippen LogP contribution in [0.4, 0.5) is 0 Å². The minimum Gasteiger partial charge on any atom is -0.248 e. The molecule has 2 heterocycles. The zero-order valence-electron chi connectivity index (χ0n) is 11.7. The summed E-state index contributed by atoms with van der Waals surface area (Å²) in [6.45, 7) is 0.612. The van der Waals surface area contributed by atoms with Gasteiger partial charge in [0.25, 0.3) is 0 Å². The van der Waals surface area contributed by atoms with Crippen LogP contribution in [0.2, 0.25) is 0 Å². The second-order valence-corrected chi connectivity index (χ2v) is 8.16. The molecule has 1 aromatic heterocycles. The average molecular weight is 322 g/mol. The van der Waals surface area contributed by atoms with Crippen LogP contribution in [-0.2, 0) is 16.4 Å². The smallest absolute Gasteiger partial charge is 0.215 e. The first-order valence-corrected chi connectivity index (χ1v) is 9.58. The maximum atomic E-state index is 12.6. The van der Waals surface area contributed by atoms with E-state index in [9.17, 15) is 8.42 Å². The van der Waals surface area contributed by atoms with E-state index in [1.165, 1.54) is 11.3 Å². The molecule has 1 saturated heterocycles. The van der Waals surface area contributed by atoms with Crippen LogP contribution < -0.4 is 0 Å². The number of benzene rings is 1. The molecule has 0 amide bonds.